The van der Waals surface area contributed by atoms with Crippen molar-refractivity contribution in [3.05, 3.63) is 0 Å². The van der Waals surface area contributed by atoms with Crippen LogP contribution in [0.3, 0.4) is 0 Å². The van der Waals surface area contributed by atoms with E-state index >= 15 is 0 Å². The second kappa shape index (κ2) is 3.88. The number of alkyl halides is 1. The minimum atomic E-state index is -0.205. The lowest BCUT2D eigenvalue weighted by Gasteiger charge is -2.11. The molecule has 2 atom stereocenters. The molecule has 0 aliphatic carbocycles. The molecule has 0 unspecified atom stereocenters. The van der Waals surface area contributed by atoms with Crippen molar-refractivity contribution in [1.29, 1.82) is 0 Å². The summed E-state index contributed by atoms with van der Waals surface area (Å²) in [7, 11) is 0. The van der Waals surface area contributed by atoms with Crippen LogP contribution in [-0.4, -0.2) is 25.8 Å². The van der Waals surface area contributed by atoms with Crippen LogP contribution in [-0.2, 0) is 0 Å². The Morgan fingerprint density at radius 2 is 2.30 bits per heavy atom. The summed E-state index contributed by atoms with van der Waals surface area (Å²) in [5, 5.41) is 3.18. The molecule has 0 bridgehead atoms. The van der Waals surface area contributed by atoms with Crippen LogP contribution < -0.4 is 11.1 Å². The van der Waals surface area contributed by atoms with Crippen LogP contribution in [0.5, 0.6) is 0 Å². The van der Waals surface area contributed by atoms with Crippen molar-refractivity contribution in [3.63, 3.8) is 0 Å². The Morgan fingerprint density at radius 1 is 1.50 bits per heavy atom. The van der Waals surface area contributed by atoms with Gasteiger partial charge in [-0.15, -0.1) is 0 Å². The van der Waals surface area contributed by atoms with Crippen LogP contribution in [0.15, 0.2) is 0 Å². The summed E-state index contributed by atoms with van der Waals surface area (Å²) in [5.74, 6) is 0.510. The summed E-state index contributed by atoms with van der Waals surface area (Å²) >= 11 is 0. The average Bonchev–Trinajstić information content (AvgIpc) is 2.31. The Bertz CT molecular complexity index is 97.6. The molecule has 0 aromatic heterocycles. The van der Waals surface area contributed by atoms with Crippen LogP contribution in [0.1, 0.15) is 12.8 Å². The molecule has 1 aliphatic heterocycles. The number of nitrogens with two attached hydrogens (primary N) is 1. The molecular formula is C7H15FN2. The molecule has 1 rings (SSSR count). The molecular weight excluding hydrogens is 131 g/mol. The van der Waals surface area contributed by atoms with Gasteiger partial charge in [-0.2, -0.15) is 0 Å². The predicted molar refractivity (Wildman–Crippen MR) is 39.5 cm³/mol. The summed E-state index contributed by atoms with van der Waals surface area (Å²) in [6.45, 7) is 1.67. The largest absolute Gasteiger partial charge is 0.326 e. The lowest BCUT2D eigenvalue weighted by Crippen LogP contribution is -2.28. The fourth-order valence-corrected chi connectivity index (χ4v) is 1.41. The number of hydrogen-bond acceptors (Lipinski definition) is 2. The monoisotopic (exact) mass is 146 g/mol. The molecule has 60 valence electrons. The van der Waals surface area contributed by atoms with Crippen molar-refractivity contribution < 1.29 is 4.39 Å². The predicted octanol–water partition coefficient (Wildman–Crippen LogP) is 0.283. The third-order valence-electron chi connectivity index (χ3n) is 2.10. The molecule has 0 spiro atoms. The molecule has 3 N–H and O–H groups in total. The zero-order chi connectivity index (χ0) is 7.40. The Balaban J connectivity index is 2.14. The maximum Gasteiger partial charge on any atom is 0.0894 e. The number of halogens is 1. The van der Waals surface area contributed by atoms with Gasteiger partial charge in [0.15, 0.2) is 0 Å². The van der Waals surface area contributed by atoms with Crippen molar-refractivity contribution in [2.75, 3.05) is 19.8 Å². The van der Waals surface area contributed by atoms with E-state index in [9.17, 15) is 4.39 Å². The molecule has 0 aromatic rings. The first kappa shape index (κ1) is 7.95. The molecule has 3 heteroatoms. The number of hydrogen-bond donors (Lipinski definition) is 2. The minimum Gasteiger partial charge on any atom is -0.326 e. The highest BCUT2D eigenvalue weighted by molar-refractivity contribution is 4.83. The van der Waals surface area contributed by atoms with Gasteiger partial charge < -0.3 is 11.1 Å². The highest BCUT2D eigenvalue weighted by Crippen LogP contribution is 2.13. The van der Waals surface area contributed by atoms with Gasteiger partial charge in [-0.25, -0.2) is 0 Å². The second-order valence-electron chi connectivity index (χ2n) is 2.91. The van der Waals surface area contributed by atoms with Crippen LogP contribution >= 0.6 is 0 Å². The summed E-state index contributed by atoms with van der Waals surface area (Å²) in [5.41, 5.74) is 5.73. The lowest BCUT2D eigenvalue weighted by atomic mass is 9.99. The second-order valence-corrected chi connectivity index (χ2v) is 2.91. The van der Waals surface area contributed by atoms with Gasteiger partial charge in [0, 0.05) is 12.6 Å². The Kier molecular flexibility index (Phi) is 3.09. The number of rotatable bonds is 3. The Hall–Kier alpha value is -0.150. The first-order valence-electron chi connectivity index (χ1n) is 3.87. The van der Waals surface area contributed by atoms with E-state index in [2.05, 4.69) is 5.32 Å². The molecule has 1 aliphatic rings. The van der Waals surface area contributed by atoms with E-state index in [0.717, 1.165) is 19.5 Å². The van der Waals surface area contributed by atoms with Gasteiger partial charge in [-0.05, 0) is 25.3 Å². The first-order valence-corrected chi connectivity index (χ1v) is 3.87. The average molecular weight is 146 g/mol. The summed E-state index contributed by atoms with van der Waals surface area (Å²) < 4.78 is 11.7. The van der Waals surface area contributed by atoms with E-state index in [1.807, 2.05) is 0 Å². The van der Waals surface area contributed by atoms with Crippen LogP contribution in [0.2, 0.25) is 0 Å². The van der Waals surface area contributed by atoms with Gasteiger partial charge in [0.25, 0.3) is 0 Å². The summed E-state index contributed by atoms with van der Waals surface area (Å²) in [6.07, 6.45) is 1.60. The van der Waals surface area contributed by atoms with Gasteiger partial charge in [-0.3, -0.25) is 4.39 Å². The molecule has 1 heterocycles. The van der Waals surface area contributed by atoms with Crippen molar-refractivity contribution in [3.8, 4) is 0 Å². The minimum absolute atomic E-state index is 0.205. The van der Waals surface area contributed by atoms with Crippen molar-refractivity contribution in [2.24, 2.45) is 11.7 Å². The van der Waals surface area contributed by atoms with Crippen molar-refractivity contribution in [2.45, 2.75) is 18.9 Å². The topological polar surface area (TPSA) is 38.0 Å². The lowest BCUT2D eigenvalue weighted by molar-refractivity contribution is 0.398. The maximum absolute atomic E-state index is 11.7. The molecule has 1 fully saturated rings. The van der Waals surface area contributed by atoms with Crippen molar-refractivity contribution in [1.82, 2.24) is 5.32 Å². The van der Waals surface area contributed by atoms with Gasteiger partial charge in [0.1, 0.15) is 0 Å². The third kappa shape index (κ3) is 1.92. The van der Waals surface area contributed by atoms with E-state index in [1.165, 1.54) is 0 Å². The van der Waals surface area contributed by atoms with E-state index in [-0.39, 0.29) is 12.7 Å². The van der Waals surface area contributed by atoms with Gasteiger partial charge >= 0.3 is 0 Å². The van der Waals surface area contributed by atoms with Gasteiger partial charge in [-0.1, -0.05) is 0 Å². The highest BCUT2D eigenvalue weighted by atomic mass is 19.1. The zero-order valence-corrected chi connectivity index (χ0v) is 6.15. The quantitative estimate of drug-likeness (QED) is 0.600. The molecule has 1 saturated heterocycles. The standard InChI is InChI=1S/C7H15FN2/c8-3-1-2-6-4-10-5-7(6)9/h6-7,10H,1-5,9H2/t6-,7+/m0/s1. The van der Waals surface area contributed by atoms with Crippen LogP contribution in [0, 0.1) is 5.92 Å². The van der Waals surface area contributed by atoms with Crippen molar-refractivity contribution >= 4 is 0 Å². The Morgan fingerprint density at radius 3 is 2.80 bits per heavy atom. The number of nitrogens with one attached hydrogen (secondary N) is 1. The third-order valence-corrected chi connectivity index (χ3v) is 2.10. The Labute approximate surface area is 61.0 Å². The fourth-order valence-electron chi connectivity index (χ4n) is 1.41. The van der Waals surface area contributed by atoms with E-state index < -0.39 is 0 Å². The molecule has 0 saturated carbocycles. The van der Waals surface area contributed by atoms with Gasteiger partial charge in [0.05, 0.1) is 6.67 Å². The normalized spacial score (nSPS) is 33.0. The molecule has 0 aromatic carbocycles. The summed E-state index contributed by atoms with van der Waals surface area (Å²) in [6, 6.07) is 0.256. The zero-order valence-electron chi connectivity index (χ0n) is 6.15. The van der Waals surface area contributed by atoms with Crippen LogP contribution in [0.4, 0.5) is 4.39 Å². The van der Waals surface area contributed by atoms with E-state index in [4.69, 9.17) is 5.73 Å². The molecule has 0 radical (unpaired) electrons. The molecule has 0 amide bonds. The van der Waals surface area contributed by atoms with E-state index in [1.54, 1.807) is 0 Å². The molecule has 2 nitrogen and oxygen atoms in total. The highest BCUT2D eigenvalue weighted by Gasteiger charge is 2.22. The SMILES string of the molecule is N[C@@H]1CNC[C@@H]1CCCF. The first-order chi connectivity index (χ1) is 4.84. The fraction of sp³-hybridized carbons (Fsp3) is 1.00. The smallest absolute Gasteiger partial charge is 0.0894 e. The van der Waals surface area contributed by atoms with Gasteiger partial charge in [0.2, 0.25) is 0 Å². The van der Waals surface area contributed by atoms with E-state index in [0.29, 0.717) is 12.3 Å². The summed E-state index contributed by atoms with van der Waals surface area (Å²) in [4.78, 5) is 0. The molecule has 10 heavy (non-hydrogen) atoms. The maximum atomic E-state index is 11.7. The van der Waals surface area contributed by atoms with Crippen LogP contribution in [0.25, 0.3) is 0 Å².